The summed E-state index contributed by atoms with van der Waals surface area (Å²) in [6, 6.07) is 11.6. The molecule has 10 heteroatoms. The first-order valence-corrected chi connectivity index (χ1v) is 12.6. The van der Waals surface area contributed by atoms with Gasteiger partial charge in [-0.1, -0.05) is 6.92 Å². The van der Waals surface area contributed by atoms with Crippen LogP contribution in [0.15, 0.2) is 42.5 Å². The second-order valence-electron chi connectivity index (χ2n) is 9.57. The van der Waals surface area contributed by atoms with Gasteiger partial charge in [0.1, 0.15) is 23.4 Å². The van der Waals surface area contributed by atoms with Crippen molar-refractivity contribution in [2.75, 3.05) is 36.0 Å². The Hall–Kier alpha value is -3.14. The molecule has 37 heavy (non-hydrogen) atoms. The van der Waals surface area contributed by atoms with Gasteiger partial charge in [0.15, 0.2) is 0 Å². The minimum absolute atomic E-state index is 0.0596. The third-order valence-corrected chi connectivity index (χ3v) is 6.93. The highest BCUT2D eigenvalue weighted by Crippen LogP contribution is 2.33. The Balaban J connectivity index is 1.37. The van der Waals surface area contributed by atoms with Crippen LogP contribution in [0.5, 0.6) is 11.5 Å². The van der Waals surface area contributed by atoms with E-state index in [1.54, 1.807) is 29.2 Å². The monoisotopic (exact) mass is 522 g/mol. The predicted octanol–water partition coefficient (Wildman–Crippen LogP) is 5.18. The smallest absolute Gasteiger partial charge is 0.345 e. The van der Waals surface area contributed by atoms with Crippen molar-refractivity contribution < 1.29 is 37.3 Å². The summed E-state index contributed by atoms with van der Waals surface area (Å²) in [6.45, 7) is 3.03. The van der Waals surface area contributed by atoms with Gasteiger partial charge >= 0.3 is 12.6 Å². The van der Waals surface area contributed by atoms with E-state index < -0.39 is 24.7 Å². The minimum atomic E-state index is -2.90. The molecule has 0 saturated carbocycles. The van der Waals surface area contributed by atoms with Crippen molar-refractivity contribution in [2.24, 2.45) is 5.92 Å². The van der Waals surface area contributed by atoms with Gasteiger partial charge in [0, 0.05) is 49.8 Å². The predicted molar refractivity (Wildman–Crippen MR) is 133 cm³/mol. The molecule has 1 N–H and O–H groups in total. The molecule has 4 rings (SSSR count). The van der Waals surface area contributed by atoms with Crippen LogP contribution >= 0.6 is 0 Å². The second-order valence-corrected chi connectivity index (χ2v) is 9.57. The van der Waals surface area contributed by atoms with Crippen LogP contribution in [0, 0.1) is 11.7 Å². The molecule has 0 spiro atoms. The molecule has 0 amide bonds. The fraction of sp³-hybridized carbons (Fsp3) is 0.519. The zero-order valence-electron chi connectivity index (χ0n) is 21.0. The SMILES string of the molecule is CCOc1ccc(F)c(N2CC[C@@H](Oc3ccc(N4C[C@H](OC(F)F)C[C@@H]4CC(=O)O)cc3)[C@H](C)C2)c1. The molecule has 2 fully saturated rings. The van der Waals surface area contributed by atoms with Gasteiger partial charge in [0.2, 0.25) is 0 Å². The number of carboxylic acid groups (broad SMARTS) is 1. The standard InChI is InChI=1S/C27H33F3N2O5/c1-3-35-21-8-9-23(28)24(14-21)31-11-10-25(17(2)15-31)36-20-6-4-18(5-7-20)32-16-22(37-27(29)30)12-19(32)13-26(33)34/h4-9,14,17,19,22,25,27H,3,10-13,15-16H2,1-2H3,(H,33,34)/t17-,19-,22-,25-/m1/s1. The average Bonchev–Trinajstić information content (AvgIpc) is 3.22. The topological polar surface area (TPSA) is 71.5 Å². The van der Waals surface area contributed by atoms with Crippen molar-refractivity contribution in [3.63, 3.8) is 0 Å². The molecule has 0 unspecified atom stereocenters. The van der Waals surface area contributed by atoms with Crippen molar-refractivity contribution >= 4 is 17.3 Å². The van der Waals surface area contributed by atoms with Crippen molar-refractivity contribution in [1.29, 1.82) is 0 Å². The lowest BCUT2D eigenvalue weighted by Gasteiger charge is -2.38. The first kappa shape index (κ1) is 26.9. The van der Waals surface area contributed by atoms with Crippen LogP contribution in [0.3, 0.4) is 0 Å². The van der Waals surface area contributed by atoms with E-state index in [2.05, 4.69) is 11.7 Å². The molecule has 202 valence electrons. The van der Waals surface area contributed by atoms with Crippen LogP contribution in [-0.4, -0.2) is 62.2 Å². The molecule has 2 heterocycles. The maximum atomic E-state index is 14.5. The van der Waals surface area contributed by atoms with E-state index in [1.165, 1.54) is 6.07 Å². The van der Waals surface area contributed by atoms with Crippen LogP contribution in [0.4, 0.5) is 24.5 Å². The fourth-order valence-electron chi connectivity index (χ4n) is 5.23. The lowest BCUT2D eigenvalue weighted by molar-refractivity contribution is -0.157. The van der Waals surface area contributed by atoms with Crippen molar-refractivity contribution in [3.8, 4) is 11.5 Å². The number of carbonyl (C=O) groups is 1. The van der Waals surface area contributed by atoms with E-state index in [1.807, 2.05) is 24.0 Å². The highest BCUT2D eigenvalue weighted by Gasteiger charge is 2.36. The summed E-state index contributed by atoms with van der Waals surface area (Å²) in [7, 11) is 0. The number of rotatable bonds is 10. The third-order valence-electron chi connectivity index (χ3n) is 6.93. The van der Waals surface area contributed by atoms with Crippen molar-refractivity contribution in [3.05, 3.63) is 48.3 Å². The summed E-state index contributed by atoms with van der Waals surface area (Å²) >= 11 is 0. The summed E-state index contributed by atoms with van der Waals surface area (Å²) in [6.07, 6.45) is -0.0217. The Bertz CT molecular complexity index is 1050. The summed E-state index contributed by atoms with van der Waals surface area (Å²) in [5.41, 5.74) is 1.25. The summed E-state index contributed by atoms with van der Waals surface area (Å²) in [4.78, 5) is 15.1. The molecule has 7 nitrogen and oxygen atoms in total. The molecule has 0 radical (unpaired) electrons. The zero-order chi connectivity index (χ0) is 26.5. The molecule has 0 bridgehead atoms. The zero-order valence-corrected chi connectivity index (χ0v) is 21.0. The van der Waals surface area contributed by atoms with E-state index in [-0.39, 0.29) is 37.2 Å². The van der Waals surface area contributed by atoms with Crippen LogP contribution in [0.1, 0.15) is 33.1 Å². The van der Waals surface area contributed by atoms with Gasteiger partial charge in [-0.05, 0) is 49.7 Å². The highest BCUT2D eigenvalue weighted by molar-refractivity contribution is 5.69. The number of alkyl halides is 2. The highest BCUT2D eigenvalue weighted by atomic mass is 19.3. The van der Waals surface area contributed by atoms with Crippen LogP contribution in [0.25, 0.3) is 0 Å². The Kier molecular flexibility index (Phi) is 8.68. The Morgan fingerprint density at radius 3 is 2.51 bits per heavy atom. The minimum Gasteiger partial charge on any atom is -0.494 e. The van der Waals surface area contributed by atoms with Gasteiger partial charge in [-0.3, -0.25) is 4.79 Å². The summed E-state index contributed by atoms with van der Waals surface area (Å²) in [5, 5.41) is 9.24. The number of benzene rings is 2. The van der Waals surface area contributed by atoms with E-state index in [0.29, 0.717) is 43.3 Å². The number of hydrogen-bond acceptors (Lipinski definition) is 6. The number of carboxylic acids is 1. The maximum absolute atomic E-state index is 14.5. The number of hydrogen-bond donors (Lipinski definition) is 1. The molecular weight excluding hydrogens is 489 g/mol. The Morgan fingerprint density at radius 1 is 1.14 bits per heavy atom. The van der Waals surface area contributed by atoms with Gasteiger partial charge in [-0.2, -0.15) is 8.78 Å². The number of piperidine rings is 1. The number of halogens is 3. The summed E-state index contributed by atoms with van der Waals surface area (Å²) in [5.74, 6) is 0.162. The Morgan fingerprint density at radius 2 is 1.86 bits per heavy atom. The lowest BCUT2D eigenvalue weighted by Crippen LogP contribution is -2.44. The Labute approximate surface area is 214 Å². The quantitative estimate of drug-likeness (QED) is 0.461. The van der Waals surface area contributed by atoms with Gasteiger partial charge in [0.25, 0.3) is 0 Å². The van der Waals surface area contributed by atoms with Gasteiger partial charge in [-0.25, -0.2) is 4.39 Å². The molecule has 2 aliphatic rings. The number of nitrogens with zero attached hydrogens (tertiary/aromatic N) is 2. The van der Waals surface area contributed by atoms with E-state index in [4.69, 9.17) is 9.47 Å². The molecular formula is C27H33F3N2O5. The summed E-state index contributed by atoms with van der Waals surface area (Å²) < 4.78 is 56.3. The van der Waals surface area contributed by atoms with Crippen molar-refractivity contribution in [1.82, 2.24) is 0 Å². The molecule has 4 atom stereocenters. The second kappa shape index (κ2) is 11.9. The average molecular weight is 523 g/mol. The molecule has 2 aromatic carbocycles. The first-order valence-electron chi connectivity index (χ1n) is 12.6. The van der Waals surface area contributed by atoms with E-state index >= 15 is 0 Å². The number of anilines is 2. The molecule has 0 aliphatic carbocycles. The molecule has 2 saturated heterocycles. The lowest BCUT2D eigenvalue weighted by atomic mass is 9.95. The van der Waals surface area contributed by atoms with Gasteiger partial charge in [-0.15, -0.1) is 0 Å². The largest absolute Gasteiger partial charge is 0.494 e. The van der Waals surface area contributed by atoms with Gasteiger partial charge in [0.05, 0.1) is 24.8 Å². The maximum Gasteiger partial charge on any atom is 0.345 e. The number of ether oxygens (including phenoxy) is 3. The van der Waals surface area contributed by atoms with Crippen LogP contribution in [0.2, 0.25) is 0 Å². The molecule has 2 aromatic rings. The normalized spacial score (nSPS) is 23.9. The number of aliphatic carboxylic acids is 1. The molecule has 2 aliphatic heterocycles. The van der Waals surface area contributed by atoms with Crippen molar-refractivity contribution in [2.45, 2.75) is 58.0 Å². The van der Waals surface area contributed by atoms with Crippen LogP contribution in [-0.2, 0) is 9.53 Å². The van der Waals surface area contributed by atoms with E-state index in [9.17, 15) is 23.1 Å². The van der Waals surface area contributed by atoms with E-state index in [0.717, 1.165) is 5.69 Å². The molecule has 0 aromatic heterocycles. The fourth-order valence-corrected chi connectivity index (χ4v) is 5.23. The van der Waals surface area contributed by atoms with Gasteiger partial charge < -0.3 is 29.1 Å². The third kappa shape index (κ3) is 6.80. The van der Waals surface area contributed by atoms with Crippen LogP contribution < -0.4 is 19.3 Å². The first-order chi connectivity index (χ1) is 17.7.